The minimum absolute atomic E-state index is 0.0527. The van der Waals surface area contributed by atoms with E-state index >= 15 is 0 Å². The lowest BCUT2D eigenvalue weighted by Gasteiger charge is -2.33. The molecule has 3 rings (SSSR count). The Morgan fingerprint density at radius 1 is 0.829 bits per heavy atom. The second-order valence-corrected chi connectivity index (χ2v) is 11.0. The summed E-state index contributed by atoms with van der Waals surface area (Å²) in [6.07, 6.45) is 4.92. The Balaban J connectivity index is 1.97. The average molecular weight is 559 g/mol. The highest BCUT2D eigenvalue weighted by Gasteiger charge is 2.42. The van der Waals surface area contributed by atoms with Crippen molar-refractivity contribution in [3.05, 3.63) is 113 Å². The number of benzene rings is 3. The van der Waals surface area contributed by atoms with E-state index in [4.69, 9.17) is 14.2 Å². The minimum Gasteiger partial charge on any atom is -0.463 e. The van der Waals surface area contributed by atoms with Gasteiger partial charge in [0.15, 0.2) is 0 Å². The Morgan fingerprint density at radius 2 is 1.49 bits per heavy atom. The molecule has 0 aliphatic rings. The van der Waals surface area contributed by atoms with Crippen LogP contribution in [0.5, 0.6) is 0 Å². The van der Waals surface area contributed by atoms with Crippen LogP contribution in [-0.2, 0) is 42.4 Å². The lowest BCUT2D eigenvalue weighted by Crippen LogP contribution is -2.42. The van der Waals surface area contributed by atoms with Gasteiger partial charge in [-0.05, 0) is 53.5 Å². The van der Waals surface area contributed by atoms with Crippen LogP contribution in [0, 0.1) is 5.41 Å². The van der Waals surface area contributed by atoms with Gasteiger partial charge in [0.2, 0.25) is 0 Å². The fourth-order valence-corrected chi connectivity index (χ4v) is 4.60. The number of esters is 2. The Hall–Kier alpha value is -3.74. The van der Waals surface area contributed by atoms with Crippen LogP contribution in [-0.4, -0.2) is 36.9 Å². The smallest absolute Gasteiger partial charge is 0.330 e. The van der Waals surface area contributed by atoms with E-state index in [0.717, 1.165) is 28.7 Å². The summed E-state index contributed by atoms with van der Waals surface area (Å²) in [4.78, 5) is 26.1. The van der Waals surface area contributed by atoms with Gasteiger partial charge < -0.3 is 19.3 Å². The van der Waals surface area contributed by atoms with Crippen molar-refractivity contribution >= 4 is 18.0 Å². The molecule has 0 heterocycles. The normalized spacial score (nSPS) is 13.1. The van der Waals surface area contributed by atoms with Crippen molar-refractivity contribution in [2.24, 2.45) is 5.41 Å². The zero-order valence-corrected chi connectivity index (χ0v) is 24.4. The average Bonchev–Trinajstić information content (AvgIpc) is 2.99. The molecule has 0 aromatic heterocycles. The third-order valence-electron chi connectivity index (χ3n) is 7.09. The number of hydrogen-bond acceptors (Lipinski definition) is 6. The summed E-state index contributed by atoms with van der Waals surface area (Å²) in [5, 5.41) is 9.84. The molecule has 41 heavy (non-hydrogen) atoms. The topological polar surface area (TPSA) is 82.1 Å². The van der Waals surface area contributed by atoms with Crippen molar-refractivity contribution < 1.29 is 28.9 Å². The molecule has 0 aliphatic carbocycles. The summed E-state index contributed by atoms with van der Waals surface area (Å²) in [6, 6.07) is 27.0. The predicted molar refractivity (Wildman–Crippen MR) is 161 cm³/mol. The number of aliphatic hydroxyl groups excluding tert-OH is 1. The summed E-state index contributed by atoms with van der Waals surface area (Å²) in [7, 11) is 0. The van der Waals surface area contributed by atoms with Crippen molar-refractivity contribution in [3.63, 3.8) is 0 Å². The number of hydrogen-bond donors (Lipinski definition) is 1. The highest BCUT2D eigenvalue weighted by molar-refractivity contribution is 5.87. The maximum absolute atomic E-state index is 14.1. The zero-order chi connectivity index (χ0) is 29.6. The van der Waals surface area contributed by atoms with Gasteiger partial charge in [-0.1, -0.05) is 105 Å². The Bertz CT molecular complexity index is 1250. The summed E-state index contributed by atoms with van der Waals surface area (Å²) in [5.41, 5.74) is 2.02. The van der Waals surface area contributed by atoms with Gasteiger partial charge in [0.05, 0.1) is 19.8 Å². The molecule has 3 aromatic carbocycles. The minimum atomic E-state index is -1.11. The molecule has 0 spiro atoms. The molecular formula is C35H42O6. The van der Waals surface area contributed by atoms with Crippen LogP contribution in [0.1, 0.15) is 62.3 Å². The van der Waals surface area contributed by atoms with Crippen LogP contribution in [0.3, 0.4) is 0 Å². The van der Waals surface area contributed by atoms with E-state index < -0.39 is 11.4 Å². The molecule has 0 radical (unpaired) electrons. The van der Waals surface area contributed by atoms with Crippen LogP contribution in [0.2, 0.25) is 0 Å². The second-order valence-electron chi connectivity index (χ2n) is 11.0. The molecule has 0 saturated carbocycles. The van der Waals surface area contributed by atoms with Gasteiger partial charge in [-0.2, -0.15) is 0 Å². The van der Waals surface area contributed by atoms with E-state index in [2.05, 4.69) is 0 Å². The molecule has 0 saturated heterocycles. The first-order valence-corrected chi connectivity index (χ1v) is 14.2. The van der Waals surface area contributed by atoms with Gasteiger partial charge in [-0.25, -0.2) is 4.79 Å². The van der Waals surface area contributed by atoms with Gasteiger partial charge in [0.25, 0.3) is 0 Å². The molecule has 3 aromatic rings. The molecular weight excluding hydrogens is 516 g/mol. The van der Waals surface area contributed by atoms with E-state index in [1.807, 2.05) is 98.8 Å². The molecule has 0 amide bonds. The molecule has 0 bridgehead atoms. The number of aliphatic hydroxyl groups is 1. The summed E-state index contributed by atoms with van der Waals surface area (Å²) in [6.45, 7) is 6.73. The van der Waals surface area contributed by atoms with E-state index in [-0.39, 0.29) is 31.2 Å². The summed E-state index contributed by atoms with van der Waals surface area (Å²) >= 11 is 0. The number of carbonyl (C=O) groups is 2. The van der Waals surface area contributed by atoms with Crippen LogP contribution in [0.4, 0.5) is 0 Å². The second kappa shape index (κ2) is 15.9. The lowest BCUT2D eigenvalue weighted by molar-refractivity contribution is -0.156. The van der Waals surface area contributed by atoms with Crippen LogP contribution >= 0.6 is 0 Å². The molecule has 218 valence electrons. The standard InChI is InChI=1S/C35H42O6/c1-4-40-32(37)20-19-28-17-11-18-31(23-28)35(22-12-21-34(2,3)26-36,27-39-24-29-13-7-5-8-14-29)33(38)41-25-30-15-9-6-10-16-30/h5-11,13-20,23,36H,4,12,21-22,24-27H2,1-3H3/b20-19+. The SMILES string of the molecule is CCOC(=O)/C=C/c1cccc(C(CCCC(C)(C)CO)(COCc2ccccc2)C(=O)OCc2ccccc2)c1. The van der Waals surface area contributed by atoms with Crippen LogP contribution in [0.25, 0.3) is 6.08 Å². The highest BCUT2D eigenvalue weighted by atomic mass is 16.5. The van der Waals surface area contributed by atoms with E-state index in [9.17, 15) is 14.7 Å². The Morgan fingerprint density at radius 3 is 2.12 bits per heavy atom. The molecule has 1 unspecified atom stereocenters. The number of rotatable bonds is 16. The first-order chi connectivity index (χ1) is 19.8. The lowest BCUT2D eigenvalue weighted by atomic mass is 9.74. The first-order valence-electron chi connectivity index (χ1n) is 14.2. The Kier molecular flexibility index (Phi) is 12.3. The van der Waals surface area contributed by atoms with Crippen molar-refractivity contribution in [2.45, 2.75) is 58.7 Å². The number of ether oxygens (including phenoxy) is 3. The first kappa shape index (κ1) is 31.8. The molecule has 6 nitrogen and oxygen atoms in total. The number of carbonyl (C=O) groups excluding carboxylic acids is 2. The van der Waals surface area contributed by atoms with E-state index in [1.54, 1.807) is 13.0 Å². The highest BCUT2D eigenvalue weighted by Crippen LogP contribution is 2.36. The fourth-order valence-electron chi connectivity index (χ4n) is 4.60. The maximum Gasteiger partial charge on any atom is 0.330 e. The van der Waals surface area contributed by atoms with Gasteiger partial charge in [-0.15, -0.1) is 0 Å². The van der Waals surface area contributed by atoms with Gasteiger partial charge in [-0.3, -0.25) is 4.79 Å². The summed E-state index contributed by atoms with van der Waals surface area (Å²) < 4.78 is 17.2. The van der Waals surface area contributed by atoms with Crippen molar-refractivity contribution in [3.8, 4) is 0 Å². The monoisotopic (exact) mass is 558 g/mol. The molecule has 1 N–H and O–H groups in total. The quantitative estimate of drug-likeness (QED) is 0.157. The largest absolute Gasteiger partial charge is 0.463 e. The Labute approximate surface area is 244 Å². The van der Waals surface area contributed by atoms with Crippen LogP contribution in [0.15, 0.2) is 91.0 Å². The maximum atomic E-state index is 14.1. The van der Waals surface area contributed by atoms with Gasteiger partial charge in [0, 0.05) is 12.7 Å². The third kappa shape index (κ3) is 9.99. The third-order valence-corrected chi connectivity index (χ3v) is 7.09. The van der Waals surface area contributed by atoms with E-state index in [1.165, 1.54) is 6.08 Å². The van der Waals surface area contributed by atoms with Crippen LogP contribution < -0.4 is 0 Å². The van der Waals surface area contributed by atoms with Crippen molar-refractivity contribution in [1.82, 2.24) is 0 Å². The molecule has 0 aliphatic heterocycles. The van der Waals surface area contributed by atoms with Crippen molar-refractivity contribution in [1.29, 1.82) is 0 Å². The van der Waals surface area contributed by atoms with Crippen molar-refractivity contribution in [2.75, 3.05) is 19.8 Å². The van der Waals surface area contributed by atoms with Gasteiger partial charge in [0.1, 0.15) is 12.0 Å². The molecule has 1 atom stereocenters. The zero-order valence-electron chi connectivity index (χ0n) is 24.4. The fraction of sp³-hybridized carbons (Fsp3) is 0.371. The predicted octanol–water partition coefficient (Wildman–Crippen LogP) is 6.65. The van der Waals surface area contributed by atoms with Gasteiger partial charge >= 0.3 is 11.9 Å². The molecule has 0 fully saturated rings. The van der Waals surface area contributed by atoms with E-state index in [0.29, 0.717) is 26.1 Å². The molecule has 6 heteroatoms. The summed E-state index contributed by atoms with van der Waals surface area (Å²) in [5.74, 6) is -0.799.